The molecule has 0 aliphatic rings. The predicted molar refractivity (Wildman–Crippen MR) is 420 cm³/mol. The molecule has 34 nitrogen and oxygen atoms in total. The van der Waals surface area contributed by atoms with E-state index in [-0.39, 0.29) is 177 Å². The minimum Gasteiger partial charge on any atom is -0.870 e. The second kappa shape index (κ2) is 65.1. The fraction of sp³-hybridized carbons (Fsp3) is 0.595. The fourth-order valence-electron chi connectivity index (χ4n) is 9.61. The third-order valence-corrected chi connectivity index (χ3v) is 16.1. The monoisotopic (exact) mass is 1720 g/mol. The normalized spacial score (nSPS) is 11.3. The van der Waals surface area contributed by atoms with E-state index in [9.17, 15) is 51.8 Å². The molecule has 4 rings (SSSR count). The summed E-state index contributed by atoms with van der Waals surface area (Å²) in [4.78, 5) is 111. The van der Waals surface area contributed by atoms with E-state index in [4.69, 9.17) is 119 Å². The summed E-state index contributed by atoms with van der Waals surface area (Å²) in [7, 11) is 1.25. The third kappa shape index (κ3) is 54.2. The zero-order chi connectivity index (χ0) is 84.4. The number of hydrogen-bond acceptors (Lipinski definition) is 26. The summed E-state index contributed by atoms with van der Waals surface area (Å²) in [6.45, 7) is 16.4. The summed E-state index contributed by atoms with van der Waals surface area (Å²) in [5.74, 6) is -2.49. The number of ketones is 2. The van der Waals surface area contributed by atoms with Gasteiger partial charge in [0.1, 0.15) is 30.5 Å². The number of hydrogen-bond donors (Lipinski definition) is 4. The van der Waals surface area contributed by atoms with Crippen LogP contribution in [0.4, 0.5) is 29.6 Å². The number of anilines is 2. The molecule has 116 heavy (non-hydrogen) atoms. The molecule has 0 aliphatic heterocycles. The van der Waals surface area contributed by atoms with E-state index in [0.29, 0.717) is 135 Å². The van der Waals surface area contributed by atoms with Gasteiger partial charge in [0.2, 0.25) is 18.1 Å². The Morgan fingerprint density at radius 3 is 1.32 bits per heavy atom. The number of nitrogens with zero attached hydrogens (tertiary/aromatic N) is 9. The van der Waals surface area contributed by atoms with Crippen molar-refractivity contribution in [3.05, 3.63) is 124 Å². The largest absolute Gasteiger partial charge is 1.00 e. The van der Waals surface area contributed by atoms with E-state index >= 15 is 0 Å². The summed E-state index contributed by atoms with van der Waals surface area (Å²) in [5, 5.41) is 25.4. The number of unbranched alkanes of at least 4 members (excludes halogenated alkanes) is 2. The maximum atomic E-state index is 13.0. The first-order valence-electron chi connectivity index (χ1n) is 36.3. The Kier molecular flexibility index (Phi) is 60.7. The molecule has 3 amide bonds. The molecule has 5 N–H and O–H groups in total. The summed E-state index contributed by atoms with van der Waals surface area (Å²) < 4.78 is 96.3. The van der Waals surface area contributed by atoms with E-state index in [1.807, 2.05) is 32.0 Å². The molecule has 2 unspecified atom stereocenters. The maximum absolute atomic E-state index is 13.0. The summed E-state index contributed by atoms with van der Waals surface area (Å²) in [5.41, 5.74) is 18.7. The molecule has 2 aromatic carbocycles. The summed E-state index contributed by atoms with van der Waals surface area (Å²) in [6, 6.07) is 13.7. The van der Waals surface area contributed by atoms with Crippen LogP contribution in [0.1, 0.15) is 119 Å². The number of carboxylic acid groups (broad SMARTS) is 1. The van der Waals surface area contributed by atoms with Crippen molar-refractivity contribution in [1.29, 1.82) is 0 Å². The molecule has 42 heteroatoms. The number of pyridine rings is 2. The fourth-order valence-corrected chi connectivity index (χ4v) is 10.8. The van der Waals surface area contributed by atoms with Crippen molar-refractivity contribution < 1.29 is 138 Å². The molecule has 0 saturated heterocycles. The van der Waals surface area contributed by atoms with Gasteiger partial charge >= 0.3 is 43.1 Å². The smallest absolute Gasteiger partial charge is 0.870 e. The van der Waals surface area contributed by atoms with Crippen LogP contribution in [0.25, 0.3) is 20.9 Å². The van der Waals surface area contributed by atoms with Crippen LogP contribution in [0.2, 0.25) is 20.1 Å². The zero-order valence-electron chi connectivity index (χ0n) is 66.3. The molecule has 0 saturated carbocycles. The number of esters is 1. The number of carbonyl (C=O) groups is 8. The van der Waals surface area contributed by atoms with E-state index in [1.165, 1.54) is 24.1 Å². The van der Waals surface area contributed by atoms with Gasteiger partial charge in [0.15, 0.2) is 23.1 Å². The van der Waals surface area contributed by atoms with Crippen LogP contribution in [-0.4, -0.2) is 245 Å². The van der Waals surface area contributed by atoms with Gasteiger partial charge in [0.25, 0.3) is 0 Å². The predicted octanol–water partition coefficient (Wildman–Crippen LogP) is 9.73. The number of ether oxygens (including phenoxy) is 12. The van der Waals surface area contributed by atoms with E-state index in [0.717, 1.165) is 23.4 Å². The number of carbonyl (C=O) groups excluding carboxylic acids is 7. The molecular weight excluding hydrogens is 1610 g/mol. The first-order chi connectivity index (χ1) is 54.5. The molecule has 4 aromatic rings. The standard InChI is InChI=1S/C39H56Cl2N6O11.C33H46Cl2N6O9.C2HF3O.Li.H2O/c1-28-9-10-43-34(22-28)47(38(51)58-39(2,3)4)12-7-6-8-35(49)44-27-31(48)23-29(26-36(50)52-5)30-24-32(40)37(33(41)25-30)57-21-20-56-19-18-55-17-16-54-15-14-53-13-11-45-46-42;1-24-5-7-38-30(18-24)37-6-3-2-4-31(43)39-23-27(42)19-25(22-32(44)45)26-20-28(34)33(29(35)21-26)50-17-16-49-15-14-48-13-12-47-11-10-46-9-8-40-41-36;3-2(4,5)1-6;;/h9-10,22,24-25,29H,6-8,11-21,23,26-27H2,1-5H3,(H,44,49);5,7,18,20-21,25H,2-4,6,8-17,19,22-23H2,1H3,(H,37,38)(H,39,43)(H,44,45);1H;;1H2/q;;;+1;/p-1. The number of alkyl halides is 3. The molecule has 2 aromatic heterocycles. The van der Waals surface area contributed by atoms with Crippen molar-refractivity contribution in [2.24, 2.45) is 10.2 Å². The van der Waals surface area contributed by atoms with Gasteiger partial charge in [-0.3, -0.25) is 38.5 Å². The number of aliphatic carboxylic acids is 1. The molecule has 2 heterocycles. The molecule has 642 valence electrons. The van der Waals surface area contributed by atoms with Gasteiger partial charge in [0.05, 0.1) is 159 Å². The van der Waals surface area contributed by atoms with E-state index in [1.54, 1.807) is 51.4 Å². The van der Waals surface area contributed by atoms with Crippen LogP contribution in [0.3, 0.4) is 0 Å². The summed E-state index contributed by atoms with van der Waals surface area (Å²) >= 11 is 25.9. The number of benzene rings is 2. The topological polar surface area (TPSA) is 460 Å². The van der Waals surface area contributed by atoms with Crippen LogP contribution in [0, 0.1) is 13.8 Å². The Morgan fingerprint density at radius 1 is 0.569 bits per heavy atom. The number of halogens is 7. The number of aromatic nitrogens is 2. The average Bonchev–Trinajstić information content (AvgIpc) is 0.825. The van der Waals surface area contributed by atoms with Crippen LogP contribution in [-0.2, 0) is 80.9 Å². The number of aldehydes is 1. The number of nitrogens with one attached hydrogen (secondary N) is 3. The Balaban J connectivity index is 0.00000211. The van der Waals surface area contributed by atoms with Crippen molar-refractivity contribution in [3.8, 4) is 11.5 Å². The molecule has 2 atom stereocenters. The van der Waals surface area contributed by atoms with Crippen molar-refractivity contribution in [3.63, 3.8) is 0 Å². The second-order valence-electron chi connectivity index (χ2n) is 25.5. The van der Waals surface area contributed by atoms with Gasteiger partial charge in [0, 0.05) is 85.9 Å². The Labute approximate surface area is 704 Å². The SMILES string of the molecule is COC(=O)CC(CC(=O)CNC(=O)CCCCN(C(=O)OC(C)(C)C)c1cc(C)ccn1)c1cc(Cl)c(OCCOCCOCCOCCOCCN=[N+]=[N-])c(Cl)c1.Cc1ccnc(NCCCCC(=O)NCC(=O)CC(CC(=O)O)c2cc(Cl)c(OCCOCCOCCOCCOCCN=[N+]=[N-])c(Cl)c2)c1.O=CC(F)(F)F.[Li+].[OH-]. The number of azide groups is 2. The van der Waals surface area contributed by atoms with Gasteiger partial charge in [-0.05, 0) is 142 Å². The number of carboxylic acids is 1. The van der Waals surface area contributed by atoms with Crippen molar-refractivity contribution in [2.45, 2.75) is 122 Å². The number of amides is 3. The van der Waals surface area contributed by atoms with Crippen LogP contribution in [0.5, 0.6) is 11.5 Å². The molecule has 0 bridgehead atoms. The van der Waals surface area contributed by atoms with Crippen molar-refractivity contribution in [2.75, 3.05) is 176 Å². The van der Waals surface area contributed by atoms with E-state index in [2.05, 4.69) is 46.0 Å². The van der Waals surface area contributed by atoms with Gasteiger partial charge in [-0.2, -0.15) is 13.2 Å². The Hall–Kier alpha value is -7.89. The van der Waals surface area contributed by atoms with Crippen molar-refractivity contribution >= 4 is 106 Å². The molecule has 0 aliphatic carbocycles. The molecule has 0 fully saturated rings. The average molecular weight is 1720 g/mol. The van der Waals surface area contributed by atoms with Crippen LogP contribution >= 0.6 is 46.4 Å². The van der Waals surface area contributed by atoms with Gasteiger partial charge in [-0.25, -0.2) is 14.8 Å². The van der Waals surface area contributed by atoms with Gasteiger partial charge in [-0.1, -0.05) is 56.6 Å². The minimum atomic E-state index is -4.64. The molecule has 0 spiro atoms. The third-order valence-electron chi connectivity index (χ3n) is 15.0. The Morgan fingerprint density at radius 2 is 0.948 bits per heavy atom. The number of Topliss-reactive ketones (excluding diaryl/α,β-unsaturated/α-hetero) is 2. The van der Waals surface area contributed by atoms with Gasteiger partial charge in [-0.15, -0.1) is 0 Å². The summed E-state index contributed by atoms with van der Waals surface area (Å²) in [6.07, 6.45) is -0.845. The first kappa shape index (κ1) is 108. The maximum Gasteiger partial charge on any atom is 1.00 e. The van der Waals surface area contributed by atoms with Crippen LogP contribution in [0.15, 0.2) is 71.2 Å². The molecular formula is C74H104Cl4F3LiN12O22. The molecule has 0 radical (unpaired) electrons. The van der Waals surface area contributed by atoms with Crippen molar-refractivity contribution in [1.82, 2.24) is 20.6 Å². The minimum absolute atomic E-state index is 0. The first-order valence-corrected chi connectivity index (χ1v) is 37.9. The van der Waals surface area contributed by atoms with E-state index < -0.39 is 47.9 Å². The van der Waals surface area contributed by atoms with Crippen LogP contribution < -0.4 is 49.2 Å². The Bertz CT molecular complexity index is 3600. The second-order valence-corrected chi connectivity index (χ2v) is 27.1. The number of methoxy groups -OCH3 is 1. The van der Waals surface area contributed by atoms with Gasteiger partial charge < -0.3 is 83.4 Å². The number of aryl methyl sites for hydroxylation is 2. The quantitative estimate of drug-likeness (QED) is 0.00607. The number of rotatable bonds is 58. The zero-order valence-corrected chi connectivity index (χ0v) is 69.3.